The van der Waals surface area contributed by atoms with E-state index in [9.17, 15) is 14.0 Å². The Labute approximate surface area is 84.5 Å². The first-order valence-corrected chi connectivity index (χ1v) is 3.92. The number of halogens is 1. The zero-order chi connectivity index (χ0) is 11.4. The van der Waals surface area contributed by atoms with Crippen molar-refractivity contribution in [2.75, 3.05) is 12.4 Å². The summed E-state index contributed by atoms with van der Waals surface area (Å²) in [5.74, 6) is -3.47. The Morgan fingerprint density at radius 3 is 2.67 bits per heavy atom. The zero-order valence-corrected chi connectivity index (χ0v) is 7.78. The van der Waals surface area contributed by atoms with Gasteiger partial charge in [0.05, 0.1) is 7.11 Å². The molecule has 15 heavy (non-hydrogen) atoms. The van der Waals surface area contributed by atoms with Gasteiger partial charge in [-0.3, -0.25) is 4.79 Å². The molecule has 1 aromatic carbocycles. The average Bonchev–Trinajstić information content (AvgIpc) is 2.20. The number of amides is 1. The number of rotatable bonds is 2. The highest BCUT2D eigenvalue weighted by molar-refractivity contribution is 6.36. The molecule has 0 saturated heterocycles. The maximum atomic E-state index is 12.9. The van der Waals surface area contributed by atoms with Gasteiger partial charge in [0.15, 0.2) is 11.6 Å². The maximum Gasteiger partial charge on any atom is 0.394 e. The van der Waals surface area contributed by atoms with Crippen molar-refractivity contribution in [1.82, 2.24) is 0 Å². The third-order valence-electron chi connectivity index (χ3n) is 1.60. The van der Waals surface area contributed by atoms with Crippen LogP contribution in [0.3, 0.4) is 0 Å². The molecule has 0 aliphatic rings. The number of hydrogen-bond acceptors (Lipinski definition) is 3. The van der Waals surface area contributed by atoms with Gasteiger partial charge in [0.1, 0.15) is 0 Å². The van der Waals surface area contributed by atoms with Gasteiger partial charge in [-0.2, -0.15) is 0 Å². The lowest BCUT2D eigenvalue weighted by Gasteiger charge is -2.05. The molecule has 0 aliphatic heterocycles. The van der Waals surface area contributed by atoms with E-state index in [0.29, 0.717) is 0 Å². The van der Waals surface area contributed by atoms with Gasteiger partial charge in [0.2, 0.25) is 0 Å². The molecule has 0 unspecified atom stereocenters. The fraction of sp³-hybridized carbons (Fsp3) is 0.111. The molecule has 80 valence electrons. The second-order valence-electron chi connectivity index (χ2n) is 2.61. The van der Waals surface area contributed by atoms with Crippen molar-refractivity contribution in [3.8, 4) is 5.75 Å². The Kier molecular flexibility index (Phi) is 3.22. The summed E-state index contributed by atoms with van der Waals surface area (Å²) in [6, 6.07) is 3.49. The van der Waals surface area contributed by atoms with Gasteiger partial charge in [-0.25, -0.2) is 9.18 Å². The Morgan fingerprint density at radius 1 is 1.47 bits per heavy atom. The van der Waals surface area contributed by atoms with Crippen molar-refractivity contribution in [1.29, 1.82) is 0 Å². The van der Waals surface area contributed by atoms with Crippen molar-refractivity contribution in [2.45, 2.75) is 0 Å². The second kappa shape index (κ2) is 4.41. The molecule has 0 fully saturated rings. The number of hydrogen-bond donors (Lipinski definition) is 2. The van der Waals surface area contributed by atoms with Crippen LogP contribution in [-0.4, -0.2) is 24.1 Å². The molecule has 0 aromatic heterocycles. The van der Waals surface area contributed by atoms with Crippen LogP contribution in [0.5, 0.6) is 5.75 Å². The number of carbonyl (C=O) groups is 2. The number of nitrogens with one attached hydrogen (secondary N) is 1. The average molecular weight is 213 g/mol. The first-order chi connectivity index (χ1) is 7.04. The number of carbonyl (C=O) groups excluding carboxylic acids is 1. The van der Waals surface area contributed by atoms with E-state index in [1.165, 1.54) is 19.2 Å². The van der Waals surface area contributed by atoms with Crippen LogP contribution in [0.15, 0.2) is 18.2 Å². The van der Waals surface area contributed by atoms with E-state index < -0.39 is 17.7 Å². The minimum absolute atomic E-state index is 0.0711. The smallest absolute Gasteiger partial charge is 0.394 e. The number of ether oxygens (including phenoxy) is 1. The molecule has 0 saturated carbocycles. The SMILES string of the molecule is COc1cc(NC(=O)C(=O)O)ccc1F. The summed E-state index contributed by atoms with van der Waals surface area (Å²) in [4.78, 5) is 21.0. The summed E-state index contributed by atoms with van der Waals surface area (Å²) in [6.07, 6.45) is 0. The van der Waals surface area contributed by atoms with E-state index in [2.05, 4.69) is 10.1 Å². The van der Waals surface area contributed by atoms with Crippen LogP contribution >= 0.6 is 0 Å². The third-order valence-corrected chi connectivity index (χ3v) is 1.60. The van der Waals surface area contributed by atoms with E-state index in [-0.39, 0.29) is 11.4 Å². The number of carboxylic acid groups (broad SMARTS) is 1. The number of aliphatic carboxylic acids is 1. The van der Waals surface area contributed by atoms with Crippen molar-refractivity contribution in [3.63, 3.8) is 0 Å². The third kappa shape index (κ3) is 2.67. The van der Waals surface area contributed by atoms with Crippen LogP contribution in [0.4, 0.5) is 10.1 Å². The van der Waals surface area contributed by atoms with Crippen molar-refractivity contribution >= 4 is 17.6 Å². The quantitative estimate of drug-likeness (QED) is 0.714. The standard InChI is InChI=1S/C9H8FNO4/c1-15-7-4-5(2-3-6(7)10)11-8(12)9(13)14/h2-4H,1H3,(H,11,12)(H,13,14). The molecule has 0 radical (unpaired) electrons. The van der Waals surface area contributed by atoms with Gasteiger partial charge < -0.3 is 15.2 Å². The lowest BCUT2D eigenvalue weighted by atomic mass is 10.3. The van der Waals surface area contributed by atoms with Crippen molar-refractivity contribution in [2.24, 2.45) is 0 Å². The largest absolute Gasteiger partial charge is 0.494 e. The predicted octanol–water partition coefficient (Wildman–Crippen LogP) is 0.857. The van der Waals surface area contributed by atoms with Crippen LogP contribution in [-0.2, 0) is 9.59 Å². The molecule has 1 rings (SSSR count). The van der Waals surface area contributed by atoms with Crippen LogP contribution in [0.25, 0.3) is 0 Å². The summed E-state index contributed by atoms with van der Waals surface area (Å²) in [5.41, 5.74) is 0.153. The van der Waals surface area contributed by atoms with Gasteiger partial charge in [-0.1, -0.05) is 0 Å². The highest BCUT2D eigenvalue weighted by Gasteiger charge is 2.12. The highest BCUT2D eigenvalue weighted by atomic mass is 19.1. The van der Waals surface area contributed by atoms with Gasteiger partial charge in [0.25, 0.3) is 0 Å². The summed E-state index contributed by atoms with van der Waals surface area (Å²) < 4.78 is 17.6. The predicted molar refractivity (Wildman–Crippen MR) is 49.2 cm³/mol. The highest BCUT2D eigenvalue weighted by Crippen LogP contribution is 2.21. The zero-order valence-electron chi connectivity index (χ0n) is 7.78. The van der Waals surface area contributed by atoms with E-state index >= 15 is 0 Å². The molecule has 6 heteroatoms. The van der Waals surface area contributed by atoms with E-state index in [0.717, 1.165) is 6.07 Å². The van der Waals surface area contributed by atoms with Gasteiger partial charge in [-0.15, -0.1) is 0 Å². The maximum absolute atomic E-state index is 12.9. The molecule has 0 atom stereocenters. The first kappa shape index (κ1) is 11.0. The van der Waals surface area contributed by atoms with Crippen LogP contribution in [0.1, 0.15) is 0 Å². The molecule has 1 amide bonds. The normalized spacial score (nSPS) is 9.47. The number of methoxy groups -OCH3 is 1. The fourth-order valence-corrected chi connectivity index (χ4v) is 0.922. The Bertz CT molecular complexity index is 405. The molecule has 0 bridgehead atoms. The lowest BCUT2D eigenvalue weighted by molar-refractivity contribution is -0.147. The van der Waals surface area contributed by atoms with Crippen LogP contribution in [0.2, 0.25) is 0 Å². The molecule has 5 nitrogen and oxygen atoms in total. The molecular formula is C9H8FNO4. The number of benzene rings is 1. The molecule has 0 heterocycles. The summed E-state index contributed by atoms with van der Waals surface area (Å²) in [5, 5.41) is 10.4. The molecule has 0 aliphatic carbocycles. The lowest BCUT2D eigenvalue weighted by Crippen LogP contribution is -2.21. The molecule has 1 aromatic rings. The first-order valence-electron chi connectivity index (χ1n) is 3.92. The summed E-state index contributed by atoms with van der Waals surface area (Å²) in [6.45, 7) is 0. The second-order valence-corrected chi connectivity index (χ2v) is 2.61. The van der Waals surface area contributed by atoms with Gasteiger partial charge in [-0.05, 0) is 12.1 Å². The minimum atomic E-state index is -1.61. The van der Waals surface area contributed by atoms with Gasteiger partial charge in [0, 0.05) is 11.8 Å². The monoisotopic (exact) mass is 213 g/mol. The topological polar surface area (TPSA) is 75.6 Å². The molecule has 2 N–H and O–H groups in total. The Morgan fingerprint density at radius 2 is 2.13 bits per heavy atom. The molecular weight excluding hydrogens is 205 g/mol. The summed E-state index contributed by atoms with van der Waals surface area (Å²) in [7, 11) is 1.27. The fourth-order valence-electron chi connectivity index (χ4n) is 0.922. The van der Waals surface area contributed by atoms with E-state index in [1.54, 1.807) is 0 Å². The minimum Gasteiger partial charge on any atom is -0.494 e. The van der Waals surface area contributed by atoms with Crippen molar-refractivity contribution < 1.29 is 23.8 Å². The number of anilines is 1. The van der Waals surface area contributed by atoms with E-state index in [4.69, 9.17) is 5.11 Å². The van der Waals surface area contributed by atoms with E-state index in [1.807, 2.05) is 0 Å². The van der Waals surface area contributed by atoms with Crippen LogP contribution in [0, 0.1) is 5.82 Å². The Balaban J connectivity index is 2.87. The van der Waals surface area contributed by atoms with Crippen LogP contribution < -0.4 is 10.1 Å². The Hall–Kier alpha value is -2.11. The summed E-state index contributed by atoms with van der Waals surface area (Å²) >= 11 is 0. The van der Waals surface area contributed by atoms with Gasteiger partial charge >= 0.3 is 11.9 Å². The number of carboxylic acids is 1. The molecule has 0 spiro atoms. The van der Waals surface area contributed by atoms with Crippen molar-refractivity contribution in [3.05, 3.63) is 24.0 Å².